The van der Waals surface area contributed by atoms with Crippen molar-refractivity contribution in [2.24, 2.45) is 0 Å². The highest BCUT2D eigenvalue weighted by Crippen LogP contribution is 2.23. The molecule has 102 valence electrons. The zero-order valence-corrected chi connectivity index (χ0v) is 10.2. The van der Waals surface area contributed by atoms with Gasteiger partial charge in [0.15, 0.2) is 5.58 Å². The third-order valence-electron chi connectivity index (χ3n) is 2.43. The molecule has 0 aliphatic rings. The maximum Gasteiger partial charge on any atom is 0.295 e. The van der Waals surface area contributed by atoms with Gasteiger partial charge in [-0.3, -0.25) is 10.1 Å². The van der Waals surface area contributed by atoms with Crippen LogP contribution in [0.1, 0.15) is 0 Å². The van der Waals surface area contributed by atoms with Crippen molar-refractivity contribution in [1.82, 2.24) is 4.98 Å². The number of aliphatic hydroxyl groups excluding tert-OH is 1. The van der Waals surface area contributed by atoms with Crippen molar-refractivity contribution < 1.29 is 19.2 Å². The van der Waals surface area contributed by atoms with Crippen LogP contribution in [0.15, 0.2) is 22.6 Å². The number of anilines is 1. The van der Waals surface area contributed by atoms with E-state index in [1.54, 1.807) is 0 Å². The quantitative estimate of drug-likeness (QED) is 0.596. The Morgan fingerprint density at radius 3 is 3.11 bits per heavy atom. The number of benzene rings is 1. The molecule has 0 aliphatic carbocycles. The number of oxazole rings is 1. The molecule has 2 aromatic rings. The monoisotopic (exact) mass is 267 g/mol. The molecule has 0 aliphatic heterocycles. The van der Waals surface area contributed by atoms with Crippen molar-refractivity contribution in [3.05, 3.63) is 28.3 Å². The Morgan fingerprint density at radius 1 is 1.63 bits per heavy atom. The normalized spacial score (nSPS) is 12.5. The predicted molar refractivity (Wildman–Crippen MR) is 67.0 cm³/mol. The highest BCUT2D eigenvalue weighted by molar-refractivity contribution is 5.77. The van der Waals surface area contributed by atoms with Crippen molar-refractivity contribution in [3.63, 3.8) is 0 Å². The second-order valence-electron chi connectivity index (χ2n) is 3.92. The molecular weight excluding hydrogens is 254 g/mol. The van der Waals surface area contributed by atoms with Gasteiger partial charge in [-0.05, 0) is 6.07 Å². The summed E-state index contributed by atoms with van der Waals surface area (Å²) in [6.45, 7) is 0.404. The lowest BCUT2D eigenvalue weighted by atomic mass is 10.3. The minimum atomic E-state index is -0.686. The van der Waals surface area contributed by atoms with Gasteiger partial charge >= 0.3 is 0 Å². The van der Waals surface area contributed by atoms with E-state index < -0.39 is 11.0 Å². The molecule has 1 heterocycles. The Labute approximate surface area is 108 Å². The summed E-state index contributed by atoms with van der Waals surface area (Å²) in [7, 11) is 1.49. The van der Waals surface area contributed by atoms with Crippen LogP contribution in [0.5, 0.6) is 0 Å². The molecule has 0 saturated carbocycles. The minimum absolute atomic E-state index is 0.0493. The van der Waals surface area contributed by atoms with E-state index in [0.717, 1.165) is 0 Å². The molecule has 0 fully saturated rings. The molecule has 0 spiro atoms. The number of nitrogens with zero attached hydrogens (tertiary/aromatic N) is 2. The molecule has 2 N–H and O–H groups in total. The zero-order chi connectivity index (χ0) is 13.8. The number of nitro groups is 1. The molecule has 19 heavy (non-hydrogen) atoms. The number of hydrogen-bond donors (Lipinski definition) is 2. The summed E-state index contributed by atoms with van der Waals surface area (Å²) < 4.78 is 10.1. The summed E-state index contributed by atoms with van der Waals surface area (Å²) in [4.78, 5) is 14.2. The van der Waals surface area contributed by atoms with E-state index >= 15 is 0 Å². The van der Waals surface area contributed by atoms with Crippen LogP contribution in [0, 0.1) is 10.1 Å². The number of fused-ring (bicyclic) bond motifs is 1. The van der Waals surface area contributed by atoms with Gasteiger partial charge in [-0.15, -0.1) is 0 Å². The van der Waals surface area contributed by atoms with Crippen LogP contribution >= 0.6 is 0 Å². The van der Waals surface area contributed by atoms with E-state index in [1.807, 2.05) is 0 Å². The summed E-state index contributed by atoms with van der Waals surface area (Å²) in [6.07, 6.45) is -0.686. The SMILES string of the molecule is COCC(O)CNc1nc2cc([N+](=O)[O-])ccc2o1. The van der Waals surface area contributed by atoms with Gasteiger partial charge in [0.2, 0.25) is 0 Å². The fourth-order valence-electron chi connectivity index (χ4n) is 1.56. The average molecular weight is 267 g/mol. The van der Waals surface area contributed by atoms with Gasteiger partial charge < -0.3 is 19.6 Å². The first-order chi connectivity index (χ1) is 9.10. The summed E-state index contributed by atoms with van der Waals surface area (Å²) in [5, 5.41) is 22.9. The first kappa shape index (κ1) is 13.2. The zero-order valence-electron chi connectivity index (χ0n) is 10.2. The van der Waals surface area contributed by atoms with Crippen LogP contribution in [-0.2, 0) is 4.74 Å². The third-order valence-corrected chi connectivity index (χ3v) is 2.43. The summed E-state index contributed by atoms with van der Waals surface area (Å²) >= 11 is 0. The first-order valence-corrected chi connectivity index (χ1v) is 5.56. The molecule has 1 aromatic heterocycles. The lowest BCUT2D eigenvalue weighted by Crippen LogP contribution is -2.24. The number of hydrogen-bond acceptors (Lipinski definition) is 7. The molecule has 0 bridgehead atoms. The van der Waals surface area contributed by atoms with E-state index in [0.29, 0.717) is 11.1 Å². The maximum absolute atomic E-state index is 10.6. The molecule has 1 unspecified atom stereocenters. The fourth-order valence-corrected chi connectivity index (χ4v) is 1.56. The molecular formula is C11H13N3O5. The summed E-state index contributed by atoms with van der Waals surface area (Å²) in [5.74, 6) is 0. The molecule has 0 saturated heterocycles. The topological polar surface area (TPSA) is 111 Å². The standard InChI is InChI=1S/C11H13N3O5/c1-18-6-8(15)5-12-11-13-9-4-7(14(16)17)2-3-10(9)19-11/h2-4,8,15H,5-6H2,1H3,(H,12,13). The number of aliphatic hydroxyl groups is 1. The second-order valence-corrected chi connectivity index (χ2v) is 3.92. The molecule has 8 heteroatoms. The summed E-state index contributed by atoms with van der Waals surface area (Å²) in [6, 6.07) is 4.36. The molecule has 0 amide bonds. The fraction of sp³-hybridized carbons (Fsp3) is 0.364. The minimum Gasteiger partial charge on any atom is -0.424 e. The van der Waals surface area contributed by atoms with Gasteiger partial charge in [-0.2, -0.15) is 4.98 Å². The lowest BCUT2D eigenvalue weighted by molar-refractivity contribution is -0.384. The van der Waals surface area contributed by atoms with E-state index in [2.05, 4.69) is 10.3 Å². The molecule has 2 rings (SSSR count). The predicted octanol–water partition coefficient (Wildman–Crippen LogP) is 1.16. The molecule has 8 nitrogen and oxygen atoms in total. The first-order valence-electron chi connectivity index (χ1n) is 5.56. The van der Waals surface area contributed by atoms with E-state index in [9.17, 15) is 15.2 Å². The summed E-state index contributed by atoms with van der Waals surface area (Å²) in [5.41, 5.74) is 0.777. The molecule has 1 aromatic carbocycles. The number of methoxy groups -OCH3 is 1. The van der Waals surface area contributed by atoms with Crippen LogP contribution < -0.4 is 5.32 Å². The third kappa shape index (κ3) is 3.18. The molecule has 1 atom stereocenters. The van der Waals surface area contributed by atoms with Crippen LogP contribution in [0.3, 0.4) is 0 Å². The Balaban J connectivity index is 2.11. The number of ether oxygens (including phenoxy) is 1. The van der Waals surface area contributed by atoms with Gasteiger partial charge in [-0.25, -0.2) is 0 Å². The Kier molecular flexibility index (Phi) is 3.93. The van der Waals surface area contributed by atoms with Crippen LogP contribution in [0.25, 0.3) is 11.1 Å². The van der Waals surface area contributed by atoms with Crippen molar-refractivity contribution in [2.45, 2.75) is 6.10 Å². The highest BCUT2D eigenvalue weighted by atomic mass is 16.6. The van der Waals surface area contributed by atoms with E-state index in [4.69, 9.17) is 9.15 Å². The second kappa shape index (κ2) is 5.63. The lowest BCUT2D eigenvalue weighted by Gasteiger charge is -2.08. The largest absolute Gasteiger partial charge is 0.424 e. The van der Waals surface area contributed by atoms with E-state index in [-0.39, 0.29) is 24.9 Å². The van der Waals surface area contributed by atoms with Gasteiger partial charge in [-0.1, -0.05) is 0 Å². The van der Waals surface area contributed by atoms with E-state index in [1.165, 1.54) is 25.3 Å². The number of non-ortho nitro benzene ring substituents is 1. The van der Waals surface area contributed by atoms with Gasteiger partial charge in [0, 0.05) is 25.8 Å². The Morgan fingerprint density at radius 2 is 2.42 bits per heavy atom. The smallest absolute Gasteiger partial charge is 0.295 e. The maximum atomic E-state index is 10.6. The van der Waals surface area contributed by atoms with Crippen LogP contribution in [0.2, 0.25) is 0 Å². The van der Waals surface area contributed by atoms with Gasteiger partial charge in [0.05, 0.1) is 17.6 Å². The molecule has 0 radical (unpaired) electrons. The van der Waals surface area contributed by atoms with Crippen molar-refractivity contribution in [1.29, 1.82) is 0 Å². The Bertz CT molecular complexity index is 583. The average Bonchev–Trinajstić information content (AvgIpc) is 2.78. The van der Waals surface area contributed by atoms with Crippen LogP contribution in [0.4, 0.5) is 11.7 Å². The number of nitrogens with one attached hydrogen (secondary N) is 1. The Hall–Kier alpha value is -2.19. The number of aromatic nitrogens is 1. The van der Waals surface area contributed by atoms with Gasteiger partial charge in [0.25, 0.3) is 11.7 Å². The number of rotatable bonds is 6. The van der Waals surface area contributed by atoms with Crippen LogP contribution in [-0.4, -0.2) is 41.4 Å². The van der Waals surface area contributed by atoms with Gasteiger partial charge in [0.1, 0.15) is 5.52 Å². The van der Waals surface area contributed by atoms with Crippen molar-refractivity contribution >= 4 is 22.8 Å². The number of nitro benzene ring substituents is 1. The highest BCUT2D eigenvalue weighted by Gasteiger charge is 2.12. The van der Waals surface area contributed by atoms with Crippen molar-refractivity contribution in [3.8, 4) is 0 Å². The van der Waals surface area contributed by atoms with Crippen molar-refractivity contribution in [2.75, 3.05) is 25.6 Å².